The number of anilines is 1. The molecule has 0 atom stereocenters. The molecular formula is C21H19N3O2. The summed E-state index contributed by atoms with van der Waals surface area (Å²) in [7, 11) is 3.71. The Labute approximate surface area is 151 Å². The number of oxazole rings is 1. The lowest BCUT2D eigenvalue weighted by molar-refractivity contribution is -0.116. The van der Waals surface area contributed by atoms with E-state index in [9.17, 15) is 4.79 Å². The molecule has 0 radical (unpaired) electrons. The zero-order chi connectivity index (χ0) is 18.1. The number of rotatable bonds is 4. The molecule has 0 bridgehead atoms. The molecular weight excluding hydrogens is 326 g/mol. The van der Waals surface area contributed by atoms with Crippen molar-refractivity contribution < 1.29 is 9.21 Å². The molecule has 0 aliphatic heterocycles. The first-order valence-electron chi connectivity index (χ1n) is 8.43. The van der Waals surface area contributed by atoms with E-state index in [1.54, 1.807) is 0 Å². The first-order chi connectivity index (χ1) is 12.6. The largest absolute Gasteiger partial charge is 0.436 e. The van der Waals surface area contributed by atoms with Crippen molar-refractivity contribution in [2.75, 3.05) is 26.0 Å². The van der Waals surface area contributed by atoms with E-state index < -0.39 is 0 Å². The van der Waals surface area contributed by atoms with Gasteiger partial charge in [-0.2, -0.15) is 0 Å². The Morgan fingerprint density at radius 1 is 1.04 bits per heavy atom. The number of hydrogen-bond acceptors (Lipinski definition) is 4. The average Bonchev–Trinajstić information content (AvgIpc) is 3.04. The second-order valence-corrected chi connectivity index (χ2v) is 6.55. The zero-order valence-electron chi connectivity index (χ0n) is 14.7. The van der Waals surface area contributed by atoms with Gasteiger partial charge >= 0.3 is 0 Å². The molecule has 0 saturated carbocycles. The summed E-state index contributed by atoms with van der Waals surface area (Å²) in [5, 5.41) is 5.20. The van der Waals surface area contributed by atoms with Crippen LogP contribution in [-0.2, 0) is 4.79 Å². The molecule has 0 saturated heterocycles. The molecule has 4 aromatic rings. The highest BCUT2D eigenvalue weighted by molar-refractivity contribution is 5.94. The fourth-order valence-electron chi connectivity index (χ4n) is 2.94. The predicted octanol–water partition coefficient (Wildman–Crippen LogP) is 4.15. The normalized spacial score (nSPS) is 11.3. The van der Waals surface area contributed by atoms with Crippen molar-refractivity contribution in [1.29, 1.82) is 0 Å². The van der Waals surface area contributed by atoms with E-state index in [0.717, 1.165) is 16.5 Å². The van der Waals surface area contributed by atoms with Crippen LogP contribution >= 0.6 is 0 Å². The quantitative estimate of drug-likeness (QED) is 0.604. The maximum atomic E-state index is 11.9. The standard InChI is InChI=1S/C21H19N3O2/c1-24(2)13-20(25)22-17-9-10-19-18(12-17)23-21(26-19)16-8-7-14-5-3-4-6-15(14)11-16/h3-12H,13H2,1-2H3,(H,22,25). The second-order valence-electron chi connectivity index (χ2n) is 6.55. The molecule has 3 aromatic carbocycles. The maximum Gasteiger partial charge on any atom is 0.238 e. The van der Waals surface area contributed by atoms with E-state index in [4.69, 9.17) is 4.42 Å². The first kappa shape index (κ1) is 16.3. The van der Waals surface area contributed by atoms with Gasteiger partial charge in [-0.3, -0.25) is 4.79 Å². The number of nitrogens with zero attached hydrogens (tertiary/aromatic N) is 2. The van der Waals surface area contributed by atoms with Crippen LogP contribution in [-0.4, -0.2) is 36.4 Å². The van der Waals surface area contributed by atoms with Crippen molar-refractivity contribution in [3.05, 3.63) is 60.7 Å². The Kier molecular flexibility index (Phi) is 4.14. The van der Waals surface area contributed by atoms with Gasteiger partial charge in [-0.05, 0) is 55.2 Å². The topological polar surface area (TPSA) is 58.4 Å². The van der Waals surface area contributed by atoms with Crippen LogP contribution in [0.15, 0.2) is 65.1 Å². The Hall–Kier alpha value is -3.18. The van der Waals surface area contributed by atoms with Gasteiger partial charge in [-0.15, -0.1) is 0 Å². The van der Waals surface area contributed by atoms with Gasteiger partial charge < -0.3 is 14.6 Å². The number of benzene rings is 3. The highest BCUT2D eigenvalue weighted by atomic mass is 16.3. The summed E-state index contributed by atoms with van der Waals surface area (Å²) < 4.78 is 5.90. The van der Waals surface area contributed by atoms with Crippen molar-refractivity contribution in [1.82, 2.24) is 9.88 Å². The highest BCUT2D eigenvalue weighted by Crippen LogP contribution is 2.28. The molecule has 0 fully saturated rings. The van der Waals surface area contributed by atoms with Crippen molar-refractivity contribution in [3.63, 3.8) is 0 Å². The van der Waals surface area contributed by atoms with E-state index in [-0.39, 0.29) is 5.91 Å². The van der Waals surface area contributed by atoms with Gasteiger partial charge in [-0.1, -0.05) is 30.3 Å². The van der Waals surface area contributed by atoms with E-state index in [0.29, 0.717) is 23.7 Å². The van der Waals surface area contributed by atoms with Crippen molar-refractivity contribution in [2.45, 2.75) is 0 Å². The lowest BCUT2D eigenvalue weighted by Gasteiger charge is -2.09. The van der Waals surface area contributed by atoms with E-state index >= 15 is 0 Å². The van der Waals surface area contributed by atoms with Crippen LogP contribution < -0.4 is 5.32 Å². The fourth-order valence-corrected chi connectivity index (χ4v) is 2.94. The molecule has 0 spiro atoms. The van der Waals surface area contributed by atoms with Crippen LogP contribution in [0, 0.1) is 0 Å². The number of fused-ring (bicyclic) bond motifs is 2. The number of hydrogen-bond donors (Lipinski definition) is 1. The smallest absolute Gasteiger partial charge is 0.238 e. The Bertz CT molecular complexity index is 1100. The third-order valence-corrected chi connectivity index (χ3v) is 4.13. The van der Waals surface area contributed by atoms with E-state index in [1.165, 1.54) is 5.39 Å². The maximum absolute atomic E-state index is 11.9. The number of aromatic nitrogens is 1. The summed E-state index contributed by atoms with van der Waals surface area (Å²) in [6, 6.07) is 19.8. The molecule has 0 aliphatic rings. The number of nitrogens with one attached hydrogen (secondary N) is 1. The van der Waals surface area contributed by atoms with Crippen LogP contribution in [0.2, 0.25) is 0 Å². The SMILES string of the molecule is CN(C)CC(=O)Nc1ccc2oc(-c3ccc4ccccc4c3)nc2c1. The summed E-state index contributed by atoms with van der Waals surface area (Å²) in [6.07, 6.45) is 0. The van der Waals surface area contributed by atoms with Gasteiger partial charge in [0.1, 0.15) is 5.52 Å². The van der Waals surface area contributed by atoms with Crippen LogP contribution in [0.4, 0.5) is 5.69 Å². The van der Waals surface area contributed by atoms with Gasteiger partial charge in [0.15, 0.2) is 5.58 Å². The third-order valence-electron chi connectivity index (χ3n) is 4.13. The minimum absolute atomic E-state index is 0.0624. The van der Waals surface area contributed by atoms with Gasteiger partial charge in [-0.25, -0.2) is 4.98 Å². The second kappa shape index (κ2) is 6.61. The lowest BCUT2D eigenvalue weighted by Crippen LogP contribution is -2.27. The monoisotopic (exact) mass is 345 g/mol. The molecule has 1 aromatic heterocycles. The lowest BCUT2D eigenvalue weighted by atomic mass is 10.1. The van der Waals surface area contributed by atoms with Crippen molar-refractivity contribution >= 4 is 33.5 Å². The van der Waals surface area contributed by atoms with E-state index in [2.05, 4.69) is 34.6 Å². The van der Waals surface area contributed by atoms with Gasteiger partial charge in [0.05, 0.1) is 6.54 Å². The molecule has 0 unspecified atom stereocenters. The molecule has 1 N–H and O–H groups in total. The minimum atomic E-state index is -0.0624. The van der Waals surface area contributed by atoms with Crippen LogP contribution in [0.3, 0.4) is 0 Å². The Balaban J connectivity index is 1.65. The van der Waals surface area contributed by atoms with Crippen LogP contribution in [0.25, 0.3) is 33.3 Å². The predicted molar refractivity (Wildman–Crippen MR) is 104 cm³/mol. The molecule has 5 heteroatoms. The molecule has 1 amide bonds. The zero-order valence-corrected chi connectivity index (χ0v) is 14.7. The van der Waals surface area contributed by atoms with Gasteiger partial charge in [0.25, 0.3) is 0 Å². The Morgan fingerprint density at radius 2 is 1.85 bits per heavy atom. The van der Waals surface area contributed by atoms with Gasteiger partial charge in [0.2, 0.25) is 11.8 Å². The van der Waals surface area contributed by atoms with Crippen LogP contribution in [0.5, 0.6) is 0 Å². The molecule has 26 heavy (non-hydrogen) atoms. The fraction of sp³-hybridized carbons (Fsp3) is 0.143. The van der Waals surface area contributed by atoms with Gasteiger partial charge in [0, 0.05) is 11.3 Å². The first-order valence-corrected chi connectivity index (χ1v) is 8.43. The minimum Gasteiger partial charge on any atom is -0.436 e. The van der Waals surface area contributed by atoms with Crippen molar-refractivity contribution in [2.24, 2.45) is 0 Å². The number of likely N-dealkylation sites (N-methyl/N-ethyl adjacent to an activating group) is 1. The van der Waals surface area contributed by atoms with Crippen molar-refractivity contribution in [3.8, 4) is 11.5 Å². The molecule has 130 valence electrons. The van der Waals surface area contributed by atoms with Crippen LogP contribution in [0.1, 0.15) is 0 Å². The summed E-state index contributed by atoms with van der Waals surface area (Å²) in [6.45, 7) is 0.333. The third kappa shape index (κ3) is 3.30. The molecule has 0 aliphatic carbocycles. The number of carbonyl (C=O) groups is 1. The highest BCUT2D eigenvalue weighted by Gasteiger charge is 2.11. The molecule has 5 nitrogen and oxygen atoms in total. The summed E-state index contributed by atoms with van der Waals surface area (Å²) in [5.41, 5.74) is 3.05. The number of carbonyl (C=O) groups excluding carboxylic acids is 1. The Morgan fingerprint density at radius 3 is 2.65 bits per heavy atom. The summed E-state index contributed by atoms with van der Waals surface area (Å²) in [5.74, 6) is 0.509. The molecule has 1 heterocycles. The molecule has 4 rings (SSSR count). The van der Waals surface area contributed by atoms with E-state index in [1.807, 2.05) is 55.4 Å². The summed E-state index contributed by atoms with van der Waals surface area (Å²) >= 11 is 0. The number of amides is 1. The summed E-state index contributed by atoms with van der Waals surface area (Å²) in [4.78, 5) is 18.3. The average molecular weight is 345 g/mol.